The topological polar surface area (TPSA) is 88.7 Å². The van der Waals surface area contributed by atoms with Crippen molar-refractivity contribution in [3.05, 3.63) is 83.9 Å². The zero-order valence-corrected chi connectivity index (χ0v) is 17.8. The summed E-state index contributed by atoms with van der Waals surface area (Å²) in [7, 11) is 1.58. The fourth-order valence-corrected chi connectivity index (χ4v) is 2.83. The lowest BCUT2D eigenvalue weighted by atomic mass is 10.1. The van der Waals surface area contributed by atoms with Gasteiger partial charge in [0.05, 0.1) is 7.11 Å². The quantitative estimate of drug-likeness (QED) is 0.302. The SMILES string of the molecule is COc1cccc(Oc2cccc(C(=O)NNC(=S)Nc3cccc(C(C)=O)c3)c2)c1. The van der Waals surface area contributed by atoms with E-state index in [1.807, 2.05) is 12.1 Å². The first-order chi connectivity index (χ1) is 14.9. The number of hydrogen-bond acceptors (Lipinski definition) is 5. The van der Waals surface area contributed by atoms with Gasteiger partial charge in [-0.05, 0) is 61.6 Å². The molecular weight excluding hydrogens is 414 g/mol. The number of ether oxygens (including phenoxy) is 2. The third-order valence-corrected chi connectivity index (χ3v) is 4.39. The van der Waals surface area contributed by atoms with Crippen LogP contribution < -0.4 is 25.6 Å². The van der Waals surface area contributed by atoms with Gasteiger partial charge >= 0.3 is 0 Å². The Kier molecular flexibility index (Phi) is 7.18. The molecule has 31 heavy (non-hydrogen) atoms. The monoisotopic (exact) mass is 435 g/mol. The van der Waals surface area contributed by atoms with Gasteiger partial charge in [-0.1, -0.05) is 24.3 Å². The van der Waals surface area contributed by atoms with Crippen molar-refractivity contribution in [2.75, 3.05) is 12.4 Å². The van der Waals surface area contributed by atoms with E-state index in [1.54, 1.807) is 67.8 Å². The van der Waals surface area contributed by atoms with Crippen LogP contribution in [0.3, 0.4) is 0 Å². The number of hydrogen-bond donors (Lipinski definition) is 3. The van der Waals surface area contributed by atoms with Crippen LogP contribution in [0.15, 0.2) is 72.8 Å². The van der Waals surface area contributed by atoms with Crippen molar-refractivity contribution in [1.82, 2.24) is 10.9 Å². The van der Waals surface area contributed by atoms with Gasteiger partial charge in [0.15, 0.2) is 10.9 Å². The Morgan fingerprint density at radius 3 is 2.19 bits per heavy atom. The summed E-state index contributed by atoms with van der Waals surface area (Å²) in [5.41, 5.74) is 6.75. The lowest BCUT2D eigenvalue weighted by Crippen LogP contribution is -2.43. The number of thiocarbonyl (C=S) groups is 1. The van der Waals surface area contributed by atoms with Crippen LogP contribution in [0.5, 0.6) is 17.2 Å². The Balaban J connectivity index is 1.58. The molecular formula is C23H21N3O4S. The Morgan fingerprint density at radius 1 is 0.806 bits per heavy atom. The predicted molar refractivity (Wildman–Crippen MR) is 123 cm³/mol. The second-order valence-electron chi connectivity index (χ2n) is 6.48. The van der Waals surface area contributed by atoms with Crippen molar-refractivity contribution in [2.45, 2.75) is 6.92 Å². The molecule has 7 nitrogen and oxygen atoms in total. The molecule has 0 heterocycles. The number of carbonyl (C=O) groups is 2. The van der Waals surface area contributed by atoms with Crippen LogP contribution >= 0.6 is 12.2 Å². The summed E-state index contributed by atoms with van der Waals surface area (Å²) >= 11 is 5.19. The average molecular weight is 436 g/mol. The molecule has 0 unspecified atom stereocenters. The largest absolute Gasteiger partial charge is 0.497 e. The first kappa shape index (κ1) is 21.8. The average Bonchev–Trinajstić information content (AvgIpc) is 2.78. The normalized spacial score (nSPS) is 10.0. The minimum atomic E-state index is -0.391. The summed E-state index contributed by atoms with van der Waals surface area (Å²) < 4.78 is 11.0. The zero-order chi connectivity index (χ0) is 22.2. The molecule has 0 aliphatic rings. The van der Waals surface area contributed by atoms with Gasteiger partial charge in [-0.15, -0.1) is 0 Å². The van der Waals surface area contributed by atoms with Gasteiger partial charge in [0, 0.05) is 22.9 Å². The maximum Gasteiger partial charge on any atom is 0.269 e. The van der Waals surface area contributed by atoms with E-state index >= 15 is 0 Å². The molecule has 0 aliphatic carbocycles. The van der Waals surface area contributed by atoms with Crippen LogP contribution in [0, 0.1) is 0 Å². The number of benzene rings is 3. The molecule has 3 rings (SSSR count). The number of amides is 1. The van der Waals surface area contributed by atoms with E-state index in [0.717, 1.165) is 0 Å². The Hall–Kier alpha value is -3.91. The lowest BCUT2D eigenvalue weighted by Gasteiger charge is -2.13. The van der Waals surface area contributed by atoms with Crippen molar-refractivity contribution < 1.29 is 19.1 Å². The second kappa shape index (κ2) is 10.2. The van der Waals surface area contributed by atoms with Gasteiger partial charge in [0.25, 0.3) is 5.91 Å². The predicted octanol–water partition coefficient (Wildman–Crippen LogP) is 4.32. The van der Waals surface area contributed by atoms with Crippen molar-refractivity contribution in [3.8, 4) is 17.2 Å². The van der Waals surface area contributed by atoms with Gasteiger partial charge in [-0.3, -0.25) is 20.4 Å². The highest BCUT2D eigenvalue weighted by atomic mass is 32.1. The molecule has 0 atom stereocenters. The highest BCUT2D eigenvalue weighted by Gasteiger charge is 2.09. The number of carbonyl (C=O) groups excluding carboxylic acids is 2. The Morgan fingerprint density at radius 2 is 1.45 bits per heavy atom. The third-order valence-electron chi connectivity index (χ3n) is 4.19. The number of hydrazine groups is 1. The van der Waals surface area contributed by atoms with Crippen molar-refractivity contribution in [1.29, 1.82) is 0 Å². The van der Waals surface area contributed by atoms with Crippen LogP contribution in [-0.2, 0) is 0 Å². The van der Waals surface area contributed by atoms with E-state index in [1.165, 1.54) is 6.92 Å². The second-order valence-corrected chi connectivity index (χ2v) is 6.89. The first-order valence-electron chi connectivity index (χ1n) is 9.35. The summed E-state index contributed by atoms with van der Waals surface area (Å²) in [6.45, 7) is 1.49. The molecule has 158 valence electrons. The summed E-state index contributed by atoms with van der Waals surface area (Å²) in [6.07, 6.45) is 0. The van der Waals surface area contributed by atoms with Gasteiger partial charge < -0.3 is 14.8 Å². The van der Waals surface area contributed by atoms with Gasteiger partial charge in [-0.25, -0.2) is 0 Å². The van der Waals surface area contributed by atoms with Crippen LogP contribution in [0.25, 0.3) is 0 Å². The molecule has 3 N–H and O–H groups in total. The van der Waals surface area contributed by atoms with Crippen molar-refractivity contribution >= 4 is 34.7 Å². The maximum absolute atomic E-state index is 12.5. The summed E-state index contributed by atoms with van der Waals surface area (Å²) in [4.78, 5) is 23.9. The van der Waals surface area contributed by atoms with Crippen LogP contribution in [0.2, 0.25) is 0 Å². The lowest BCUT2D eigenvalue weighted by molar-refractivity contribution is 0.0943. The van der Waals surface area contributed by atoms with E-state index < -0.39 is 5.91 Å². The van der Waals surface area contributed by atoms with E-state index in [-0.39, 0.29) is 10.9 Å². The molecule has 3 aromatic carbocycles. The van der Waals surface area contributed by atoms with E-state index in [4.69, 9.17) is 21.7 Å². The van der Waals surface area contributed by atoms with Crippen LogP contribution in [0.1, 0.15) is 27.6 Å². The first-order valence-corrected chi connectivity index (χ1v) is 9.76. The minimum Gasteiger partial charge on any atom is -0.497 e. The van der Waals surface area contributed by atoms with E-state index in [9.17, 15) is 9.59 Å². The molecule has 1 amide bonds. The molecule has 0 saturated carbocycles. The molecule has 0 spiro atoms. The molecule has 0 radical (unpaired) electrons. The van der Waals surface area contributed by atoms with Gasteiger partial charge in [0.2, 0.25) is 0 Å². The van der Waals surface area contributed by atoms with Crippen molar-refractivity contribution in [2.24, 2.45) is 0 Å². The van der Waals surface area contributed by atoms with Crippen molar-refractivity contribution in [3.63, 3.8) is 0 Å². The number of methoxy groups -OCH3 is 1. The zero-order valence-electron chi connectivity index (χ0n) is 17.0. The number of rotatable bonds is 6. The minimum absolute atomic E-state index is 0.0492. The third kappa shape index (κ3) is 6.28. The van der Waals surface area contributed by atoms with E-state index in [0.29, 0.717) is 34.1 Å². The molecule has 0 aliphatic heterocycles. The molecule has 3 aromatic rings. The summed E-state index contributed by atoms with van der Waals surface area (Å²) in [5.74, 6) is 1.32. The van der Waals surface area contributed by atoms with Crippen LogP contribution in [-0.4, -0.2) is 23.9 Å². The van der Waals surface area contributed by atoms with E-state index in [2.05, 4.69) is 16.2 Å². The highest BCUT2D eigenvalue weighted by molar-refractivity contribution is 7.80. The number of Topliss-reactive ketones (excluding diaryl/α,β-unsaturated/α-hetero) is 1. The number of nitrogens with one attached hydrogen (secondary N) is 3. The summed E-state index contributed by atoms with van der Waals surface area (Å²) in [6, 6.07) is 20.8. The summed E-state index contributed by atoms with van der Waals surface area (Å²) in [5, 5.41) is 3.09. The fraction of sp³-hybridized carbons (Fsp3) is 0.0870. The molecule has 0 aromatic heterocycles. The van der Waals surface area contributed by atoms with Crippen LogP contribution in [0.4, 0.5) is 5.69 Å². The fourth-order valence-electron chi connectivity index (χ4n) is 2.67. The number of anilines is 1. The van der Waals surface area contributed by atoms with Gasteiger partial charge in [0.1, 0.15) is 17.2 Å². The molecule has 0 fully saturated rings. The molecule has 8 heteroatoms. The Labute approximate surface area is 185 Å². The number of ketones is 1. The maximum atomic E-state index is 12.5. The smallest absolute Gasteiger partial charge is 0.269 e. The Bertz CT molecular complexity index is 1120. The van der Waals surface area contributed by atoms with Gasteiger partial charge in [-0.2, -0.15) is 0 Å². The standard InChI is InChI=1S/C23H21N3O4S/c1-15(27)16-6-3-8-18(12-16)24-23(31)26-25-22(28)17-7-4-10-20(13-17)30-21-11-5-9-19(14-21)29-2/h3-14H,1-2H3,(H,25,28)(H2,24,26,31). The molecule has 0 saturated heterocycles. The molecule has 0 bridgehead atoms. The highest BCUT2D eigenvalue weighted by Crippen LogP contribution is 2.25.